The van der Waals surface area contributed by atoms with Gasteiger partial charge in [0.05, 0.1) is 6.42 Å². The first kappa shape index (κ1) is 17.4. The van der Waals surface area contributed by atoms with E-state index >= 15 is 0 Å². The molecule has 2 rings (SSSR count). The standard InChI is InChI=1S/C19H19NO4/c1-13(21)16-9-6-10-17(12-16)20-19(23)14(2)24-18(22)11-15-7-4-3-5-8-15/h3-10,12,14H,11H2,1-2H3,(H,20,23)/t14-/m0/s1. The molecule has 24 heavy (non-hydrogen) atoms. The van der Waals surface area contributed by atoms with Crippen molar-refractivity contribution in [2.24, 2.45) is 0 Å². The smallest absolute Gasteiger partial charge is 0.311 e. The summed E-state index contributed by atoms with van der Waals surface area (Å²) in [6.45, 7) is 2.96. The normalized spacial score (nSPS) is 11.4. The van der Waals surface area contributed by atoms with Gasteiger partial charge in [-0.2, -0.15) is 0 Å². The lowest BCUT2D eigenvalue weighted by Gasteiger charge is -2.14. The molecule has 0 fully saturated rings. The van der Waals surface area contributed by atoms with Crippen molar-refractivity contribution in [2.45, 2.75) is 26.4 Å². The number of hydrogen-bond donors (Lipinski definition) is 1. The molecule has 0 heterocycles. The van der Waals surface area contributed by atoms with E-state index in [2.05, 4.69) is 5.32 Å². The second-order valence-corrected chi connectivity index (χ2v) is 5.42. The minimum atomic E-state index is -0.929. The van der Waals surface area contributed by atoms with Crippen molar-refractivity contribution in [3.05, 3.63) is 65.7 Å². The predicted octanol–water partition coefficient (Wildman–Crippen LogP) is 3.00. The monoisotopic (exact) mass is 325 g/mol. The van der Waals surface area contributed by atoms with Gasteiger partial charge < -0.3 is 10.1 Å². The molecule has 0 saturated carbocycles. The molecule has 0 aliphatic carbocycles. The van der Waals surface area contributed by atoms with E-state index in [1.54, 1.807) is 24.3 Å². The Labute approximate surface area is 140 Å². The van der Waals surface area contributed by atoms with Gasteiger partial charge in [0.25, 0.3) is 5.91 Å². The quantitative estimate of drug-likeness (QED) is 0.654. The Balaban J connectivity index is 1.91. The number of amides is 1. The van der Waals surface area contributed by atoms with E-state index < -0.39 is 18.0 Å². The molecule has 1 N–H and O–H groups in total. The predicted molar refractivity (Wildman–Crippen MR) is 90.8 cm³/mol. The Morgan fingerprint density at radius 3 is 2.42 bits per heavy atom. The highest BCUT2D eigenvalue weighted by Crippen LogP contribution is 2.12. The van der Waals surface area contributed by atoms with Gasteiger partial charge in [0.2, 0.25) is 0 Å². The Hall–Kier alpha value is -2.95. The highest BCUT2D eigenvalue weighted by molar-refractivity contribution is 5.98. The molecule has 5 heteroatoms. The fraction of sp³-hybridized carbons (Fsp3) is 0.211. The number of carbonyl (C=O) groups excluding carboxylic acids is 3. The maximum absolute atomic E-state index is 12.1. The Morgan fingerprint density at radius 2 is 1.75 bits per heavy atom. The maximum atomic E-state index is 12.1. The summed E-state index contributed by atoms with van der Waals surface area (Å²) in [7, 11) is 0. The molecule has 0 aliphatic heterocycles. The summed E-state index contributed by atoms with van der Waals surface area (Å²) < 4.78 is 5.15. The Bertz CT molecular complexity index is 740. The van der Waals surface area contributed by atoms with Crippen LogP contribution in [-0.2, 0) is 20.7 Å². The molecule has 2 aromatic carbocycles. The molecule has 0 bridgehead atoms. The summed E-state index contributed by atoms with van der Waals surface area (Å²) in [5, 5.41) is 2.64. The first-order valence-electron chi connectivity index (χ1n) is 7.61. The maximum Gasteiger partial charge on any atom is 0.311 e. The second-order valence-electron chi connectivity index (χ2n) is 5.42. The number of carbonyl (C=O) groups is 3. The molecule has 0 aliphatic rings. The summed E-state index contributed by atoms with van der Waals surface area (Å²) in [6, 6.07) is 15.8. The van der Waals surface area contributed by atoms with Crippen LogP contribution in [-0.4, -0.2) is 23.8 Å². The van der Waals surface area contributed by atoms with Crippen LogP contribution < -0.4 is 5.32 Å². The summed E-state index contributed by atoms with van der Waals surface area (Å²) in [5.41, 5.74) is 1.81. The fourth-order valence-electron chi connectivity index (χ4n) is 2.11. The van der Waals surface area contributed by atoms with Crippen molar-refractivity contribution in [2.75, 3.05) is 5.32 Å². The van der Waals surface area contributed by atoms with E-state index in [0.717, 1.165) is 5.56 Å². The average Bonchev–Trinajstić information content (AvgIpc) is 2.55. The number of hydrogen-bond acceptors (Lipinski definition) is 4. The fourth-order valence-corrected chi connectivity index (χ4v) is 2.11. The number of esters is 1. The highest BCUT2D eigenvalue weighted by Gasteiger charge is 2.18. The lowest BCUT2D eigenvalue weighted by molar-refractivity contribution is -0.152. The molecule has 0 saturated heterocycles. The molecule has 1 atom stereocenters. The van der Waals surface area contributed by atoms with Crippen LogP contribution in [0.15, 0.2) is 54.6 Å². The Morgan fingerprint density at radius 1 is 1.04 bits per heavy atom. The minimum Gasteiger partial charge on any atom is -0.452 e. The molecule has 2 aromatic rings. The zero-order chi connectivity index (χ0) is 17.5. The zero-order valence-corrected chi connectivity index (χ0v) is 13.6. The molecule has 5 nitrogen and oxygen atoms in total. The minimum absolute atomic E-state index is 0.0894. The average molecular weight is 325 g/mol. The third kappa shape index (κ3) is 5.05. The van der Waals surface area contributed by atoms with Gasteiger partial charge in [0.1, 0.15) is 0 Å². The number of ketones is 1. The van der Waals surface area contributed by atoms with Gasteiger partial charge in [-0.3, -0.25) is 14.4 Å². The van der Waals surface area contributed by atoms with Gasteiger partial charge in [-0.15, -0.1) is 0 Å². The molecule has 1 amide bonds. The third-order valence-corrected chi connectivity index (χ3v) is 3.41. The van der Waals surface area contributed by atoms with Crippen LogP contribution in [0.2, 0.25) is 0 Å². The molecule has 0 unspecified atom stereocenters. The largest absolute Gasteiger partial charge is 0.452 e. The van der Waals surface area contributed by atoms with Crippen molar-refractivity contribution < 1.29 is 19.1 Å². The third-order valence-electron chi connectivity index (χ3n) is 3.41. The van der Waals surface area contributed by atoms with Gasteiger partial charge in [-0.25, -0.2) is 0 Å². The van der Waals surface area contributed by atoms with Gasteiger partial charge in [0, 0.05) is 11.3 Å². The summed E-state index contributed by atoms with van der Waals surface area (Å²) in [6.07, 6.45) is -0.819. The topological polar surface area (TPSA) is 72.5 Å². The van der Waals surface area contributed by atoms with Crippen molar-refractivity contribution in [3.63, 3.8) is 0 Å². The number of anilines is 1. The molecule has 0 radical (unpaired) electrons. The van der Waals surface area contributed by atoms with E-state index in [9.17, 15) is 14.4 Å². The lowest BCUT2D eigenvalue weighted by Crippen LogP contribution is -2.30. The molecule has 0 aromatic heterocycles. The van der Waals surface area contributed by atoms with E-state index in [-0.39, 0.29) is 12.2 Å². The van der Waals surface area contributed by atoms with E-state index in [1.165, 1.54) is 13.8 Å². The number of rotatable bonds is 6. The first-order chi connectivity index (χ1) is 11.5. The highest BCUT2D eigenvalue weighted by atomic mass is 16.5. The van der Waals surface area contributed by atoms with Crippen LogP contribution in [0.1, 0.15) is 29.8 Å². The van der Waals surface area contributed by atoms with Gasteiger partial charge in [-0.05, 0) is 31.5 Å². The SMILES string of the molecule is CC(=O)c1cccc(NC(=O)[C@H](C)OC(=O)Cc2ccccc2)c1. The summed E-state index contributed by atoms with van der Waals surface area (Å²) >= 11 is 0. The van der Waals surface area contributed by atoms with E-state index in [4.69, 9.17) is 4.74 Å². The number of benzene rings is 2. The summed E-state index contributed by atoms with van der Waals surface area (Å²) in [4.78, 5) is 35.3. The van der Waals surface area contributed by atoms with Crippen LogP contribution in [0.4, 0.5) is 5.69 Å². The summed E-state index contributed by atoms with van der Waals surface area (Å²) in [5.74, 6) is -1.01. The van der Waals surface area contributed by atoms with Crippen LogP contribution in [0.25, 0.3) is 0 Å². The van der Waals surface area contributed by atoms with Crippen LogP contribution in [0.3, 0.4) is 0 Å². The Kier molecular flexibility index (Phi) is 5.84. The van der Waals surface area contributed by atoms with Crippen LogP contribution in [0, 0.1) is 0 Å². The van der Waals surface area contributed by atoms with E-state index in [0.29, 0.717) is 11.3 Å². The van der Waals surface area contributed by atoms with Crippen molar-refractivity contribution in [1.29, 1.82) is 0 Å². The van der Waals surface area contributed by atoms with Gasteiger partial charge >= 0.3 is 5.97 Å². The zero-order valence-electron chi connectivity index (χ0n) is 13.6. The van der Waals surface area contributed by atoms with Crippen molar-refractivity contribution in [1.82, 2.24) is 0 Å². The first-order valence-corrected chi connectivity index (χ1v) is 7.61. The van der Waals surface area contributed by atoms with Gasteiger partial charge in [0.15, 0.2) is 11.9 Å². The number of Topliss-reactive ketones (excluding diaryl/α,β-unsaturated/α-hetero) is 1. The van der Waals surface area contributed by atoms with E-state index in [1.807, 2.05) is 30.3 Å². The van der Waals surface area contributed by atoms with Gasteiger partial charge in [-0.1, -0.05) is 42.5 Å². The molecule has 0 spiro atoms. The molecular weight excluding hydrogens is 306 g/mol. The van der Waals surface area contributed by atoms with Crippen LogP contribution >= 0.6 is 0 Å². The number of ether oxygens (including phenoxy) is 1. The van der Waals surface area contributed by atoms with Crippen molar-refractivity contribution >= 4 is 23.3 Å². The lowest BCUT2D eigenvalue weighted by atomic mass is 10.1. The number of nitrogens with one attached hydrogen (secondary N) is 1. The van der Waals surface area contributed by atoms with Crippen LogP contribution in [0.5, 0.6) is 0 Å². The molecule has 124 valence electrons. The second kappa shape index (κ2) is 8.06. The van der Waals surface area contributed by atoms with Crippen molar-refractivity contribution in [3.8, 4) is 0 Å². The molecular formula is C19H19NO4.